The number of hydrogen-bond donors (Lipinski definition) is 0. The van der Waals surface area contributed by atoms with E-state index in [9.17, 15) is 5.26 Å². The quantitative estimate of drug-likeness (QED) is 0.199. The van der Waals surface area contributed by atoms with Gasteiger partial charge in [0, 0.05) is 43.7 Å². The summed E-state index contributed by atoms with van der Waals surface area (Å²) in [5.41, 5.74) is 10.7. The molecule has 0 unspecified atom stereocenters. The third kappa shape index (κ3) is 3.51. The Morgan fingerprint density at radius 3 is 1.60 bits per heavy atom. The molecule has 3 heterocycles. The molecule has 218 valence electrons. The third-order valence-corrected chi connectivity index (χ3v) is 9.64. The predicted molar refractivity (Wildman–Crippen MR) is 194 cm³/mol. The Balaban J connectivity index is 1.44. The second-order valence-electron chi connectivity index (χ2n) is 12.1. The van der Waals surface area contributed by atoms with Crippen LogP contribution in [-0.4, -0.2) is 13.7 Å². The lowest BCUT2D eigenvalue weighted by molar-refractivity contribution is 1.13. The maximum absolute atomic E-state index is 10.1. The van der Waals surface area contributed by atoms with Gasteiger partial charge in [-0.15, -0.1) is 0 Å². The van der Waals surface area contributed by atoms with Crippen LogP contribution in [0.3, 0.4) is 0 Å². The van der Waals surface area contributed by atoms with Crippen molar-refractivity contribution in [2.24, 2.45) is 0 Å². The minimum atomic E-state index is 0.636. The van der Waals surface area contributed by atoms with E-state index in [4.69, 9.17) is 0 Å². The Morgan fingerprint density at radius 1 is 0.383 bits per heavy atom. The molecule has 0 aliphatic rings. The van der Waals surface area contributed by atoms with Crippen molar-refractivity contribution in [1.82, 2.24) is 13.7 Å². The molecule has 0 amide bonds. The van der Waals surface area contributed by atoms with E-state index in [0.29, 0.717) is 5.56 Å². The van der Waals surface area contributed by atoms with Crippen LogP contribution in [0.5, 0.6) is 0 Å². The van der Waals surface area contributed by atoms with Crippen molar-refractivity contribution in [1.29, 1.82) is 5.26 Å². The molecule has 0 saturated carbocycles. The van der Waals surface area contributed by atoms with Crippen LogP contribution in [0.25, 0.3) is 82.5 Å². The van der Waals surface area contributed by atoms with Gasteiger partial charge < -0.3 is 13.7 Å². The summed E-state index contributed by atoms with van der Waals surface area (Å²) < 4.78 is 7.15. The summed E-state index contributed by atoms with van der Waals surface area (Å²) in [6, 6.07) is 58.2. The highest BCUT2D eigenvalue weighted by molar-refractivity contribution is 6.26. The molecule has 0 aliphatic heterocycles. The molecule has 0 atom stereocenters. The number of benzene rings is 7. The smallest absolute Gasteiger partial charge is 0.0992 e. The number of fused-ring (bicyclic) bond motifs is 10. The first-order valence-corrected chi connectivity index (χ1v) is 15.9. The molecule has 0 spiro atoms. The summed E-state index contributed by atoms with van der Waals surface area (Å²) in [4.78, 5) is 0. The lowest BCUT2D eigenvalue weighted by Gasteiger charge is -2.14. The van der Waals surface area contributed by atoms with Crippen molar-refractivity contribution in [3.63, 3.8) is 0 Å². The van der Waals surface area contributed by atoms with E-state index >= 15 is 0 Å². The molecular formula is C43H26N4. The van der Waals surface area contributed by atoms with Gasteiger partial charge in [0.1, 0.15) is 0 Å². The number of nitrogens with zero attached hydrogens (tertiary/aromatic N) is 4. The van der Waals surface area contributed by atoms with Gasteiger partial charge in [0.2, 0.25) is 0 Å². The molecule has 10 rings (SSSR count). The van der Waals surface area contributed by atoms with E-state index in [2.05, 4.69) is 165 Å². The molecule has 0 fully saturated rings. The zero-order valence-corrected chi connectivity index (χ0v) is 25.3. The van der Waals surface area contributed by atoms with Gasteiger partial charge in [-0.05, 0) is 60.7 Å². The fourth-order valence-electron chi connectivity index (χ4n) is 7.76. The Kier molecular flexibility index (Phi) is 5.32. The second kappa shape index (κ2) is 9.71. The summed E-state index contributed by atoms with van der Waals surface area (Å²) in [6.07, 6.45) is 0. The molecule has 0 aliphatic carbocycles. The van der Waals surface area contributed by atoms with E-state index in [-0.39, 0.29) is 0 Å². The zero-order valence-electron chi connectivity index (χ0n) is 25.3. The highest BCUT2D eigenvalue weighted by Gasteiger charge is 2.23. The summed E-state index contributed by atoms with van der Waals surface area (Å²) in [5, 5.41) is 17.2. The van der Waals surface area contributed by atoms with Crippen molar-refractivity contribution < 1.29 is 0 Å². The SMILES string of the molecule is N#Cc1ccc2c3c(ccc4c5ccccc5n(-c5ccccc5)c43)n(-c3cccc4c5ccccc5n(-c5ccccc5)c34)c2c1. The zero-order chi connectivity index (χ0) is 31.1. The summed E-state index contributed by atoms with van der Waals surface area (Å²) >= 11 is 0. The first-order valence-electron chi connectivity index (χ1n) is 15.9. The lowest BCUT2D eigenvalue weighted by Crippen LogP contribution is -2.00. The van der Waals surface area contributed by atoms with Crippen LogP contribution in [0.4, 0.5) is 0 Å². The highest BCUT2D eigenvalue weighted by atomic mass is 15.1. The largest absolute Gasteiger partial charge is 0.309 e. The van der Waals surface area contributed by atoms with Crippen LogP contribution >= 0.6 is 0 Å². The number of aromatic nitrogens is 3. The summed E-state index contributed by atoms with van der Waals surface area (Å²) in [5.74, 6) is 0. The molecule has 0 radical (unpaired) electrons. The Labute approximate surface area is 270 Å². The maximum Gasteiger partial charge on any atom is 0.0992 e. The molecule has 4 nitrogen and oxygen atoms in total. The van der Waals surface area contributed by atoms with Crippen LogP contribution < -0.4 is 0 Å². The third-order valence-electron chi connectivity index (χ3n) is 9.64. The topological polar surface area (TPSA) is 38.6 Å². The van der Waals surface area contributed by atoms with Gasteiger partial charge in [-0.25, -0.2) is 0 Å². The Hall–Kier alpha value is -6.57. The Morgan fingerprint density at radius 2 is 0.936 bits per heavy atom. The number of hydrogen-bond acceptors (Lipinski definition) is 1. The fourth-order valence-corrected chi connectivity index (χ4v) is 7.76. The average Bonchev–Trinajstić information content (AvgIpc) is 3.78. The number of rotatable bonds is 3. The first kappa shape index (κ1) is 25.7. The molecule has 47 heavy (non-hydrogen) atoms. The van der Waals surface area contributed by atoms with Crippen molar-refractivity contribution in [3.8, 4) is 23.1 Å². The van der Waals surface area contributed by atoms with Gasteiger partial charge in [-0.3, -0.25) is 0 Å². The van der Waals surface area contributed by atoms with E-state index < -0.39 is 0 Å². The second-order valence-corrected chi connectivity index (χ2v) is 12.1. The van der Waals surface area contributed by atoms with Crippen LogP contribution in [0.1, 0.15) is 5.56 Å². The molecule has 0 bridgehead atoms. The van der Waals surface area contributed by atoms with E-state index in [1.54, 1.807) is 0 Å². The van der Waals surface area contributed by atoms with E-state index in [1.807, 2.05) is 12.1 Å². The Bertz CT molecular complexity index is 2900. The molecule has 0 saturated heterocycles. The van der Waals surface area contributed by atoms with Crippen molar-refractivity contribution in [3.05, 3.63) is 163 Å². The first-order chi connectivity index (χ1) is 23.3. The van der Waals surface area contributed by atoms with Crippen molar-refractivity contribution in [2.45, 2.75) is 0 Å². The average molecular weight is 599 g/mol. The number of para-hydroxylation sites is 5. The molecule has 7 aromatic carbocycles. The molecule has 3 aromatic heterocycles. The standard InChI is InChI=1S/C43H26N4/c44-27-28-22-23-35-40(26-28)47(39-21-11-18-33-31-16-7-9-19-36(31)45(42(33)39)29-12-3-1-4-13-29)38-25-24-34-32-17-8-10-20-37(32)46(43(34)41(35)38)30-14-5-2-6-15-30/h1-26H. The van der Waals surface area contributed by atoms with Gasteiger partial charge >= 0.3 is 0 Å². The van der Waals surface area contributed by atoms with Crippen LogP contribution in [0, 0.1) is 11.3 Å². The lowest BCUT2D eigenvalue weighted by atomic mass is 10.1. The number of nitriles is 1. The monoisotopic (exact) mass is 598 g/mol. The summed E-state index contributed by atoms with van der Waals surface area (Å²) in [7, 11) is 0. The van der Waals surface area contributed by atoms with Crippen LogP contribution in [0.15, 0.2) is 158 Å². The van der Waals surface area contributed by atoms with Gasteiger partial charge in [-0.2, -0.15) is 5.26 Å². The van der Waals surface area contributed by atoms with Gasteiger partial charge in [-0.1, -0.05) is 97.1 Å². The molecule has 4 heteroatoms. The van der Waals surface area contributed by atoms with E-state index in [0.717, 1.165) is 44.5 Å². The van der Waals surface area contributed by atoms with Crippen LogP contribution in [0.2, 0.25) is 0 Å². The maximum atomic E-state index is 10.1. The summed E-state index contributed by atoms with van der Waals surface area (Å²) in [6.45, 7) is 0. The van der Waals surface area contributed by atoms with Gasteiger partial charge in [0.15, 0.2) is 0 Å². The van der Waals surface area contributed by atoms with Crippen LogP contribution in [-0.2, 0) is 0 Å². The van der Waals surface area contributed by atoms with Crippen molar-refractivity contribution >= 4 is 65.4 Å². The normalized spacial score (nSPS) is 11.8. The fraction of sp³-hybridized carbons (Fsp3) is 0. The van der Waals surface area contributed by atoms with Crippen molar-refractivity contribution in [2.75, 3.05) is 0 Å². The predicted octanol–water partition coefficient (Wildman–Crippen LogP) is 10.8. The minimum Gasteiger partial charge on any atom is -0.309 e. The highest BCUT2D eigenvalue weighted by Crippen LogP contribution is 2.44. The molecule has 10 aromatic rings. The molecule has 0 N–H and O–H groups in total. The molecular weight excluding hydrogens is 573 g/mol. The van der Waals surface area contributed by atoms with E-state index in [1.165, 1.54) is 38.0 Å². The van der Waals surface area contributed by atoms with Gasteiger partial charge in [0.25, 0.3) is 0 Å². The minimum absolute atomic E-state index is 0.636. The van der Waals surface area contributed by atoms with Gasteiger partial charge in [0.05, 0.1) is 50.4 Å².